The summed E-state index contributed by atoms with van der Waals surface area (Å²) in [5, 5.41) is 2.83. The number of hydrogen-bond acceptors (Lipinski definition) is 5. The molecule has 4 N–H and O–H groups in total. The van der Waals surface area contributed by atoms with Gasteiger partial charge in [-0.2, -0.15) is 0 Å². The molecule has 0 bridgehead atoms. The second-order valence-electron chi connectivity index (χ2n) is 3.79. The normalized spacial score (nSPS) is 10.2. The van der Waals surface area contributed by atoms with Crippen LogP contribution in [0.3, 0.4) is 0 Å². The summed E-state index contributed by atoms with van der Waals surface area (Å²) in [7, 11) is 0. The molecule has 0 unspecified atom stereocenters. The van der Waals surface area contributed by atoms with E-state index in [0.717, 1.165) is 10.2 Å². The Bertz CT molecular complexity index is 572. The number of hydrazine groups is 1. The van der Waals surface area contributed by atoms with E-state index in [9.17, 15) is 4.79 Å². The number of hydrogen-bond donors (Lipinski definition) is 3. The fourth-order valence-corrected chi connectivity index (χ4v) is 3.00. The Hall–Kier alpha value is -1.44. The zero-order valence-electron chi connectivity index (χ0n) is 10.0. The highest BCUT2D eigenvalue weighted by atomic mass is 79.9. The smallest absolute Gasteiger partial charge is 0.269 e. The highest BCUT2D eigenvalue weighted by Gasteiger charge is 2.07. The van der Waals surface area contributed by atoms with Crippen LogP contribution in [0.15, 0.2) is 34.2 Å². The summed E-state index contributed by atoms with van der Waals surface area (Å²) in [6, 6.07) is 7.34. The third-order valence-electron chi connectivity index (χ3n) is 2.45. The summed E-state index contributed by atoms with van der Waals surface area (Å²) in [4.78, 5) is 17.1. The molecule has 0 aliphatic heterocycles. The van der Waals surface area contributed by atoms with E-state index in [2.05, 4.69) is 31.7 Å². The van der Waals surface area contributed by atoms with Crippen LogP contribution in [0.5, 0.6) is 0 Å². The Balaban J connectivity index is 1.87. The number of aromatic nitrogens is 1. The first-order valence-corrected chi connectivity index (χ1v) is 7.25. The third-order valence-corrected chi connectivity index (χ3v) is 4.13. The molecule has 0 aliphatic rings. The molecule has 2 rings (SSSR count). The summed E-state index contributed by atoms with van der Waals surface area (Å²) in [6.45, 7) is 0.577. The van der Waals surface area contributed by atoms with Gasteiger partial charge in [0.1, 0.15) is 5.69 Å². The molecular formula is C12H13BrN4OS. The standard InChI is InChI=1S/C12H13BrN4OS/c13-11-2-1-9(19-11)4-6-16-12(18)10-7-8(17-14)3-5-15-10/h1-3,5,7H,4,6,14H2,(H,15,17)(H,16,18). The first kappa shape index (κ1) is 14.0. The van der Waals surface area contributed by atoms with Crippen molar-refractivity contribution in [1.82, 2.24) is 10.3 Å². The molecule has 5 nitrogen and oxygen atoms in total. The number of nitrogens with zero attached hydrogens (tertiary/aromatic N) is 1. The molecule has 7 heteroatoms. The molecule has 0 spiro atoms. The lowest BCUT2D eigenvalue weighted by molar-refractivity contribution is 0.0949. The molecule has 0 aromatic carbocycles. The second kappa shape index (κ2) is 6.65. The first-order valence-electron chi connectivity index (χ1n) is 5.64. The van der Waals surface area contributed by atoms with Crippen LogP contribution in [0.25, 0.3) is 0 Å². The maximum atomic E-state index is 11.9. The molecule has 19 heavy (non-hydrogen) atoms. The maximum Gasteiger partial charge on any atom is 0.269 e. The Kier molecular flexibility index (Phi) is 4.89. The van der Waals surface area contributed by atoms with E-state index in [1.54, 1.807) is 29.7 Å². The Morgan fingerprint density at radius 2 is 2.26 bits per heavy atom. The van der Waals surface area contributed by atoms with Crippen LogP contribution in [0.2, 0.25) is 0 Å². The fraction of sp³-hybridized carbons (Fsp3) is 0.167. The molecule has 1 amide bonds. The van der Waals surface area contributed by atoms with Gasteiger partial charge in [0.2, 0.25) is 0 Å². The molecule has 0 saturated carbocycles. The van der Waals surface area contributed by atoms with Crippen molar-refractivity contribution in [2.75, 3.05) is 12.0 Å². The van der Waals surface area contributed by atoms with Gasteiger partial charge in [-0.3, -0.25) is 15.6 Å². The largest absolute Gasteiger partial charge is 0.350 e. The minimum atomic E-state index is -0.201. The molecule has 2 aromatic rings. The number of nitrogens with two attached hydrogens (primary N) is 1. The van der Waals surface area contributed by atoms with Gasteiger partial charge in [0, 0.05) is 17.6 Å². The van der Waals surface area contributed by atoms with Gasteiger partial charge in [0.15, 0.2) is 0 Å². The number of halogens is 1. The number of pyridine rings is 1. The monoisotopic (exact) mass is 340 g/mol. The van der Waals surface area contributed by atoms with Crippen molar-refractivity contribution in [3.8, 4) is 0 Å². The van der Waals surface area contributed by atoms with E-state index in [1.807, 2.05) is 12.1 Å². The van der Waals surface area contributed by atoms with Crippen molar-refractivity contribution in [3.63, 3.8) is 0 Å². The zero-order valence-corrected chi connectivity index (χ0v) is 12.4. The zero-order chi connectivity index (χ0) is 13.7. The highest BCUT2D eigenvalue weighted by Crippen LogP contribution is 2.22. The molecule has 0 fully saturated rings. The minimum Gasteiger partial charge on any atom is -0.350 e. The third kappa shape index (κ3) is 4.02. The van der Waals surface area contributed by atoms with E-state index in [1.165, 1.54) is 4.88 Å². The van der Waals surface area contributed by atoms with Crippen molar-refractivity contribution in [2.45, 2.75) is 6.42 Å². The van der Waals surface area contributed by atoms with Gasteiger partial charge in [0.25, 0.3) is 5.91 Å². The number of thiophene rings is 1. The van der Waals surface area contributed by atoms with Gasteiger partial charge in [-0.15, -0.1) is 11.3 Å². The first-order chi connectivity index (χ1) is 9.19. The summed E-state index contributed by atoms with van der Waals surface area (Å²) in [6.07, 6.45) is 2.34. The summed E-state index contributed by atoms with van der Waals surface area (Å²) in [5.41, 5.74) is 3.49. The SMILES string of the molecule is NNc1ccnc(C(=O)NCCc2ccc(Br)s2)c1. The minimum absolute atomic E-state index is 0.201. The number of anilines is 1. The van der Waals surface area contributed by atoms with Crippen LogP contribution in [-0.4, -0.2) is 17.4 Å². The highest BCUT2D eigenvalue weighted by molar-refractivity contribution is 9.11. The number of amides is 1. The van der Waals surface area contributed by atoms with Crippen LogP contribution in [-0.2, 0) is 6.42 Å². The van der Waals surface area contributed by atoms with E-state index >= 15 is 0 Å². The van der Waals surface area contributed by atoms with Gasteiger partial charge >= 0.3 is 0 Å². The van der Waals surface area contributed by atoms with Crippen LogP contribution in [0, 0.1) is 0 Å². The molecule has 0 saturated heterocycles. The van der Waals surface area contributed by atoms with E-state index in [4.69, 9.17) is 5.84 Å². The van der Waals surface area contributed by atoms with E-state index in [-0.39, 0.29) is 5.91 Å². The van der Waals surface area contributed by atoms with Crippen molar-refractivity contribution in [3.05, 3.63) is 44.8 Å². The summed E-state index contributed by atoms with van der Waals surface area (Å²) in [5.74, 6) is 5.08. The molecule has 2 aromatic heterocycles. The quantitative estimate of drug-likeness (QED) is 0.575. The molecule has 100 valence electrons. The average molecular weight is 341 g/mol. The van der Waals surface area contributed by atoms with Crippen LogP contribution >= 0.6 is 27.3 Å². The second-order valence-corrected chi connectivity index (χ2v) is 6.33. The van der Waals surface area contributed by atoms with Crippen molar-refractivity contribution in [1.29, 1.82) is 0 Å². The molecule has 0 radical (unpaired) electrons. The van der Waals surface area contributed by atoms with Crippen LogP contribution < -0.4 is 16.6 Å². The average Bonchev–Trinajstić information content (AvgIpc) is 2.84. The molecule has 0 aliphatic carbocycles. The Morgan fingerprint density at radius 1 is 1.42 bits per heavy atom. The number of carbonyl (C=O) groups excluding carboxylic acids is 1. The lowest BCUT2D eigenvalue weighted by Crippen LogP contribution is -2.26. The number of rotatable bonds is 5. The molecular weight excluding hydrogens is 328 g/mol. The molecule has 0 atom stereocenters. The summed E-state index contributed by atoms with van der Waals surface area (Å²) >= 11 is 5.07. The van der Waals surface area contributed by atoms with E-state index < -0.39 is 0 Å². The number of carbonyl (C=O) groups is 1. The van der Waals surface area contributed by atoms with Gasteiger partial charge in [-0.25, -0.2) is 0 Å². The van der Waals surface area contributed by atoms with Gasteiger partial charge in [-0.05, 0) is 46.6 Å². The Morgan fingerprint density at radius 3 is 2.95 bits per heavy atom. The summed E-state index contributed by atoms with van der Waals surface area (Å²) < 4.78 is 1.09. The lowest BCUT2D eigenvalue weighted by atomic mass is 10.3. The number of nitrogen functional groups attached to an aromatic ring is 1. The van der Waals surface area contributed by atoms with Gasteiger partial charge < -0.3 is 10.7 Å². The van der Waals surface area contributed by atoms with Crippen LogP contribution in [0.4, 0.5) is 5.69 Å². The van der Waals surface area contributed by atoms with Crippen molar-refractivity contribution < 1.29 is 4.79 Å². The van der Waals surface area contributed by atoms with Gasteiger partial charge in [0.05, 0.1) is 9.47 Å². The van der Waals surface area contributed by atoms with Crippen molar-refractivity contribution in [2.24, 2.45) is 5.84 Å². The predicted octanol–water partition coefficient (Wildman–Crippen LogP) is 2.16. The topological polar surface area (TPSA) is 80.0 Å². The lowest BCUT2D eigenvalue weighted by Gasteiger charge is -2.05. The molecule has 2 heterocycles. The number of nitrogens with one attached hydrogen (secondary N) is 2. The fourth-order valence-electron chi connectivity index (χ4n) is 1.52. The van der Waals surface area contributed by atoms with Crippen LogP contribution in [0.1, 0.15) is 15.4 Å². The maximum absolute atomic E-state index is 11.9. The predicted molar refractivity (Wildman–Crippen MR) is 80.1 cm³/mol. The van der Waals surface area contributed by atoms with Gasteiger partial charge in [-0.1, -0.05) is 0 Å². The van der Waals surface area contributed by atoms with E-state index in [0.29, 0.717) is 17.9 Å². The van der Waals surface area contributed by atoms with Crippen molar-refractivity contribution >= 4 is 38.9 Å². The Labute approximate surface area is 123 Å².